The van der Waals surface area contributed by atoms with Crippen molar-refractivity contribution in [2.75, 3.05) is 25.0 Å². The number of carbonyl (C=O) groups excluding carboxylic acids is 2. The molecule has 0 radical (unpaired) electrons. The number of primary amides is 1. The molecule has 8 heteroatoms. The van der Waals surface area contributed by atoms with E-state index in [1.54, 1.807) is 24.3 Å². The maximum absolute atomic E-state index is 12.1. The average molecular weight is 374 g/mol. The zero-order valence-corrected chi connectivity index (χ0v) is 15.2. The summed E-state index contributed by atoms with van der Waals surface area (Å²) in [5, 5.41) is 15.0. The summed E-state index contributed by atoms with van der Waals surface area (Å²) >= 11 is 0. The number of carboxylic acids is 1. The third kappa shape index (κ3) is 5.43. The molecule has 2 fully saturated rings. The van der Waals surface area contributed by atoms with E-state index in [4.69, 9.17) is 10.8 Å². The Kier molecular flexibility index (Phi) is 5.95. The van der Waals surface area contributed by atoms with Gasteiger partial charge >= 0.3 is 5.97 Å². The van der Waals surface area contributed by atoms with Crippen LogP contribution in [-0.4, -0.2) is 59.5 Å². The number of hydrogen-bond donors (Lipinski definition) is 4. The number of para-hydroxylation sites is 1. The Bertz CT molecular complexity index is 713. The van der Waals surface area contributed by atoms with Crippen molar-refractivity contribution in [2.24, 2.45) is 11.7 Å². The average Bonchev–Trinajstić information content (AvgIpc) is 3.39. The molecular weight excluding hydrogens is 348 g/mol. The van der Waals surface area contributed by atoms with Gasteiger partial charge in [0.1, 0.15) is 0 Å². The highest BCUT2D eigenvalue weighted by Crippen LogP contribution is 2.33. The monoisotopic (exact) mass is 374 g/mol. The Balaban J connectivity index is 1.42. The standard InChI is InChI=1S/C19H26N4O4/c20-19(27)15-3-1-2-4-16(15)21-9-17(24)22-13-7-14(8-13)23(11-18(25)26)10-12-5-6-12/h1-4,12-14,21H,5-11H2,(H2,20,27)(H,22,24)(H,25,26). The molecule has 0 bridgehead atoms. The molecule has 0 atom stereocenters. The zero-order valence-electron chi connectivity index (χ0n) is 15.2. The first-order valence-electron chi connectivity index (χ1n) is 9.30. The van der Waals surface area contributed by atoms with Crippen LogP contribution < -0.4 is 16.4 Å². The Hall–Kier alpha value is -2.61. The van der Waals surface area contributed by atoms with Gasteiger partial charge in [-0.25, -0.2) is 0 Å². The second-order valence-electron chi connectivity index (χ2n) is 7.42. The summed E-state index contributed by atoms with van der Waals surface area (Å²) in [6.45, 7) is 0.947. The Morgan fingerprint density at radius 1 is 1.19 bits per heavy atom. The molecule has 27 heavy (non-hydrogen) atoms. The molecule has 1 aromatic carbocycles. The molecule has 2 aliphatic carbocycles. The van der Waals surface area contributed by atoms with Crippen molar-refractivity contribution < 1.29 is 19.5 Å². The number of benzene rings is 1. The Labute approximate surface area is 158 Å². The summed E-state index contributed by atoms with van der Waals surface area (Å²) in [5.74, 6) is -0.882. The van der Waals surface area contributed by atoms with Gasteiger partial charge in [0, 0.05) is 24.3 Å². The number of hydrogen-bond acceptors (Lipinski definition) is 5. The smallest absolute Gasteiger partial charge is 0.317 e. The van der Waals surface area contributed by atoms with Crippen LogP contribution in [0.5, 0.6) is 0 Å². The normalized spacial score (nSPS) is 21.4. The summed E-state index contributed by atoms with van der Waals surface area (Å²) in [7, 11) is 0. The van der Waals surface area contributed by atoms with Crippen LogP contribution in [0.25, 0.3) is 0 Å². The molecule has 0 unspecified atom stereocenters. The number of rotatable bonds is 10. The van der Waals surface area contributed by atoms with E-state index in [0.717, 1.165) is 19.4 Å². The molecule has 0 aliphatic heterocycles. The van der Waals surface area contributed by atoms with Crippen LogP contribution in [0.4, 0.5) is 5.69 Å². The number of amides is 2. The Morgan fingerprint density at radius 2 is 1.89 bits per heavy atom. The van der Waals surface area contributed by atoms with Crippen LogP contribution in [0.1, 0.15) is 36.0 Å². The highest BCUT2D eigenvalue weighted by molar-refractivity contribution is 5.99. The van der Waals surface area contributed by atoms with Crippen LogP contribution in [-0.2, 0) is 9.59 Å². The molecule has 8 nitrogen and oxygen atoms in total. The predicted molar refractivity (Wildman–Crippen MR) is 100 cm³/mol. The highest BCUT2D eigenvalue weighted by atomic mass is 16.4. The maximum atomic E-state index is 12.1. The number of carbonyl (C=O) groups is 3. The summed E-state index contributed by atoms with van der Waals surface area (Å²) in [5.41, 5.74) is 6.20. The van der Waals surface area contributed by atoms with E-state index in [0.29, 0.717) is 17.2 Å². The molecule has 3 rings (SSSR count). The molecule has 0 heterocycles. The second kappa shape index (κ2) is 8.39. The molecular formula is C19H26N4O4. The van der Waals surface area contributed by atoms with Crippen LogP contribution >= 0.6 is 0 Å². The quantitative estimate of drug-likeness (QED) is 0.476. The second-order valence-corrected chi connectivity index (χ2v) is 7.42. The molecule has 1 aromatic rings. The van der Waals surface area contributed by atoms with Crippen LogP contribution in [0.2, 0.25) is 0 Å². The first-order chi connectivity index (χ1) is 12.9. The van der Waals surface area contributed by atoms with Crippen molar-refractivity contribution in [3.05, 3.63) is 29.8 Å². The van der Waals surface area contributed by atoms with Crippen molar-refractivity contribution in [2.45, 2.75) is 37.8 Å². The number of nitrogens with zero attached hydrogens (tertiary/aromatic N) is 1. The minimum absolute atomic E-state index is 0.0480. The molecule has 5 N–H and O–H groups in total. The number of aliphatic carboxylic acids is 1. The summed E-state index contributed by atoms with van der Waals surface area (Å²) < 4.78 is 0. The fourth-order valence-electron chi connectivity index (χ4n) is 3.46. The van der Waals surface area contributed by atoms with E-state index in [2.05, 4.69) is 10.6 Å². The van der Waals surface area contributed by atoms with Gasteiger partial charge < -0.3 is 21.5 Å². The van der Waals surface area contributed by atoms with E-state index < -0.39 is 11.9 Å². The van der Waals surface area contributed by atoms with Gasteiger partial charge in [0.25, 0.3) is 5.91 Å². The van der Waals surface area contributed by atoms with Crippen molar-refractivity contribution in [1.29, 1.82) is 0 Å². The summed E-state index contributed by atoms with van der Waals surface area (Å²) in [6.07, 6.45) is 3.90. The molecule has 2 saturated carbocycles. The van der Waals surface area contributed by atoms with Gasteiger partial charge in [-0.3, -0.25) is 19.3 Å². The molecule has 0 spiro atoms. The third-order valence-electron chi connectivity index (χ3n) is 5.15. The number of nitrogens with one attached hydrogen (secondary N) is 2. The minimum Gasteiger partial charge on any atom is -0.480 e. The highest BCUT2D eigenvalue weighted by Gasteiger charge is 2.37. The predicted octanol–water partition coefficient (Wildman–Crippen LogP) is 0.641. The first kappa shape index (κ1) is 19.2. The topological polar surface area (TPSA) is 125 Å². The lowest BCUT2D eigenvalue weighted by atomic mass is 9.85. The van der Waals surface area contributed by atoms with Gasteiger partial charge in [0.2, 0.25) is 5.91 Å². The SMILES string of the molecule is NC(=O)c1ccccc1NCC(=O)NC1CC(N(CC(=O)O)CC2CC2)C1. The van der Waals surface area contributed by atoms with Crippen LogP contribution in [0, 0.1) is 5.92 Å². The molecule has 0 saturated heterocycles. The lowest BCUT2D eigenvalue weighted by molar-refractivity contribution is -0.140. The third-order valence-corrected chi connectivity index (χ3v) is 5.15. The Morgan fingerprint density at radius 3 is 2.52 bits per heavy atom. The summed E-state index contributed by atoms with van der Waals surface area (Å²) in [4.78, 5) is 36.6. The number of anilines is 1. The molecule has 0 aromatic heterocycles. The number of nitrogens with two attached hydrogens (primary N) is 1. The first-order valence-corrected chi connectivity index (χ1v) is 9.30. The van der Waals surface area contributed by atoms with Gasteiger partial charge in [-0.05, 0) is 43.7 Å². The fourth-order valence-corrected chi connectivity index (χ4v) is 3.46. The zero-order chi connectivity index (χ0) is 19.4. The van der Waals surface area contributed by atoms with E-state index in [-0.39, 0.29) is 31.1 Å². The van der Waals surface area contributed by atoms with Gasteiger partial charge in [-0.15, -0.1) is 0 Å². The van der Waals surface area contributed by atoms with Crippen LogP contribution in [0.15, 0.2) is 24.3 Å². The van der Waals surface area contributed by atoms with E-state index >= 15 is 0 Å². The van der Waals surface area contributed by atoms with Crippen LogP contribution in [0.3, 0.4) is 0 Å². The number of carboxylic acid groups (broad SMARTS) is 1. The lowest BCUT2D eigenvalue weighted by Crippen LogP contribution is -2.55. The largest absolute Gasteiger partial charge is 0.480 e. The van der Waals surface area contributed by atoms with E-state index in [9.17, 15) is 14.4 Å². The minimum atomic E-state index is -0.805. The molecule has 2 aliphatic rings. The van der Waals surface area contributed by atoms with Crippen molar-refractivity contribution in [3.8, 4) is 0 Å². The molecule has 146 valence electrons. The summed E-state index contributed by atoms with van der Waals surface area (Å²) in [6, 6.07) is 7.07. The van der Waals surface area contributed by atoms with Crippen molar-refractivity contribution in [1.82, 2.24) is 10.2 Å². The van der Waals surface area contributed by atoms with Gasteiger partial charge in [-0.1, -0.05) is 12.1 Å². The van der Waals surface area contributed by atoms with Crippen molar-refractivity contribution in [3.63, 3.8) is 0 Å². The van der Waals surface area contributed by atoms with E-state index in [1.165, 1.54) is 12.8 Å². The van der Waals surface area contributed by atoms with Gasteiger partial charge in [-0.2, -0.15) is 0 Å². The van der Waals surface area contributed by atoms with E-state index in [1.807, 2.05) is 4.90 Å². The van der Waals surface area contributed by atoms with Crippen molar-refractivity contribution >= 4 is 23.5 Å². The maximum Gasteiger partial charge on any atom is 0.317 e. The fraction of sp³-hybridized carbons (Fsp3) is 0.526. The lowest BCUT2D eigenvalue weighted by Gasteiger charge is -2.42. The molecule has 2 amide bonds. The van der Waals surface area contributed by atoms with Gasteiger partial charge in [0.05, 0.1) is 18.7 Å². The van der Waals surface area contributed by atoms with Gasteiger partial charge in [0.15, 0.2) is 0 Å².